The second kappa shape index (κ2) is 14.3. The van der Waals surface area contributed by atoms with Crippen LogP contribution in [0.5, 0.6) is 0 Å². The highest BCUT2D eigenvalue weighted by molar-refractivity contribution is 5.38. The summed E-state index contributed by atoms with van der Waals surface area (Å²) in [7, 11) is 0. The minimum atomic E-state index is -0.523. The minimum absolute atomic E-state index is 0.189. The number of fused-ring (bicyclic) bond motifs is 2. The molecule has 1 aromatic carbocycles. The van der Waals surface area contributed by atoms with E-state index >= 15 is 8.78 Å². The molecule has 4 rings (SSSR count). The van der Waals surface area contributed by atoms with Crippen molar-refractivity contribution in [2.45, 2.75) is 148 Å². The average Bonchev–Trinajstić information content (AvgIpc) is 2.90. The van der Waals surface area contributed by atoms with Crippen LogP contribution in [-0.2, 0) is 17.6 Å². The van der Waals surface area contributed by atoms with Crippen LogP contribution in [0, 0.1) is 29.4 Å². The first-order valence-corrected chi connectivity index (χ1v) is 15.7. The molecule has 2 fully saturated rings. The van der Waals surface area contributed by atoms with Gasteiger partial charge in [-0.25, -0.2) is 8.78 Å². The highest BCUT2D eigenvalue weighted by Crippen LogP contribution is 2.48. The SMILES string of the molecule is CCCCCCCC1CCc2cc(C3CCC4CC(OCCCCCC)CCC4C3)c(F)c(F)c2C1. The van der Waals surface area contributed by atoms with E-state index in [2.05, 4.69) is 19.9 Å². The van der Waals surface area contributed by atoms with Gasteiger partial charge in [0.2, 0.25) is 0 Å². The second-order valence-electron chi connectivity index (χ2n) is 12.4. The van der Waals surface area contributed by atoms with E-state index in [4.69, 9.17) is 4.74 Å². The average molecular weight is 503 g/mol. The maximum Gasteiger partial charge on any atom is 0.162 e. The number of aryl methyl sites for hydroxylation is 1. The van der Waals surface area contributed by atoms with Gasteiger partial charge in [0.15, 0.2) is 11.6 Å². The molecule has 0 bridgehead atoms. The number of ether oxygens (including phenoxy) is 1. The Labute approximate surface area is 220 Å². The van der Waals surface area contributed by atoms with E-state index in [0.29, 0.717) is 35.0 Å². The molecule has 0 saturated heterocycles. The van der Waals surface area contributed by atoms with Crippen LogP contribution in [0.1, 0.15) is 146 Å². The van der Waals surface area contributed by atoms with Gasteiger partial charge in [0.25, 0.3) is 0 Å². The molecule has 0 N–H and O–H groups in total. The predicted molar refractivity (Wildman–Crippen MR) is 147 cm³/mol. The van der Waals surface area contributed by atoms with Crippen LogP contribution in [-0.4, -0.2) is 12.7 Å². The monoisotopic (exact) mass is 502 g/mol. The Kier molecular flexibility index (Phi) is 11.1. The van der Waals surface area contributed by atoms with Gasteiger partial charge in [-0.3, -0.25) is 0 Å². The third-order valence-corrected chi connectivity index (χ3v) is 9.82. The lowest BCUT2D eigenvalue weighted by molar-refractivity contribution is -0.0164. The molecule has 1 nitrogen and oxygen atoms in total. The number of hydrogen-bond donors (Lipinski definition) is 0. The first-order valence-electron chi connectivity index (χ1n) is 15.7. The van der Waals surface area contributed by atoms with Crippen LogP contribution in [0.15, 0.2) is 6.07 Å². The highest BCUT2D eigenvalue weighted by Gasteiger charge is 2.38. The lowest BCUT2D eigenvalue weighted by atomic mass is 9.65. The van der Waals surface area contributed by atoms with Crippen molar-refractivity contribution in [3.05, 3.63) is 34.4 Å². The zero-order valence-corrected chi connectivity index (χ0v) is 23.3. The van der Waals surface area contributed by atoms with Crippen molar-refractivity contribution in [1.82, 2.24) is 0 Å². The molecular weight excluding hydrogens is 450 g/mol. The number of unbranched alkanes of at least 4 members (excludes halogenated alkanes) is 7. The number of rotatable bonds is 13. The van der Waals surface area contributed by atoms with E-state index < -0.39 is 11.6 Å². The summed E-state index contributed by atoms with van der Waals surface area (Å²) >= 11 is 0. The van der Waals surface area contributed by atoms with Crippen molar-refractivity contribution in [1.29, 1.82) is 0 Å². The summed E-state index contributed by atoms with van der Waals surface area (Å²) in [5, 5.41) is 0. The highest BCUT2D eigenvalue weighted by atomic mass is 19.2. The lowest BCUT2D eigenvalue weighted by Crippen LogP contribution is -2.34. The van der Waals surface area contributed by atoms with Crippen molar-refractivity contribution in [2.75, 3.05) is 6.61 Å². The topological polar surface area (TPSA) is 9.23 Å². The molecule has 0 heterocycles. The summed E-state index contributed by atoms with van der Waals surface area (Å²) < 4.78 is 37.0. The molecule has 0 amide bonds. The van der Waals surface area contributed by atoms with Crippen molar-refractivity contribution in [3.8, 4) is 0 Å². The van der Waals surface area contributed by atoms with Crippen LogP contribution >= 0.6 is 0 Å². The van der Waals surface area contributed by atoms with Gasteiger partial charge < -0.3 is 4.74 Å². The van der Waals surface area contributed by atoms with Gasteiger partial charge in [0.05, 0.1) is 6.10 Å². The van der Waals surface area contributed by atoms with Crippen LogP contribution < -0.4 is 0 Å². The fraction of sp³-hybridized carbons (Fsp3) is 0.818. The van der Waals surface area contributed by atoms with Gasteiger partial charge in [0, 0.05) is 6.61 Å². The summed E-state index contributed by atoms with van der Waals surface area (Å²) in [6.45, 7) is 5.39. The molecule has 204 valence electrons. The minimum Gasteiger partial charge on any atom is -0.378 e. The summed E-state index contributed by atoms with van der Waals surface area (Å²) in [5.41, 5.74) is 2.50. The van der Waals surface area contributed by atoms with Crippen molar-refractivity contribution < 1.29 is 13.5 Å². The van der Waals surface area contributed by atoms with Gasteiger partial charge in [-0.2, -0.15) is 0 Å². The van der Waals surface area contributed by atoms with Crippen molar-refractivity contribution in [3.63, 3.8) is 0 Å². The molecule has 1 aromatic rings. The van der Waals surface area contributed by atoms with Crippen molar-refractivity contribution >= 4 is 0 Å². The van der Waals surface area contributed by atoms with Crippen LogP contribution in [0.25, 0.3) is 0 Å². The Balaban J connectivity index is 1.29. The Morgan fingerprint density at radius 3 is 2.31 bits per heavy atom. The van der Waals surface area contributed by atoms with Gasteiger partial charge >= 0.3 is 0 Å². The summed E-state index contributed by atoms with van der Waals surface area (Å²) in [4.78, 5) is 0. The van der Waals surface area contributed by atoms with E-state index in [0.717, 1.165) is 57.1 Å². The predicted octanol–water partition coefficient (Wildman–Crippen LogP) is 10.1. The van der Waals surface area contributed by atoms with E-state index in [1.165, 1.54) is 77.0 Å². The van der Waals surface area contributed by atoms with E-state index in [-0.39, 0.29) is 5.92 Å². The second-order valence-corrected chi connectivity index (χ2v) is 12.4. The van der Waals surface area contributed by atoms with E-state index in [9.17, 15) is 0 Å². The molecule has 3 aliphatic rings. The Hall–Kier alpha value is -0.960. The molecule has 36 heavy (non-hydrogen) atoms. The molecule has 5 atom stereocenters. The van der Waals surface area contributed by atoms with E-state index in [1.807, 2.05) is 0 Å². The first kappa shape index (κ1) is 28.1. The normalized spacial score (nSPS) is 28.1. The standard InChI is InChI=1S/C33H52F2O/c1-3-5-7-9-10-12-24-13-14-28-23-31(33(35)32(34)30(28)20-24)27-16-15-26-22-29(18-17-25(26)21-27)36-19-11-8-6-4-2/h23-27,29H,3-22H2,1-2H3. The Morgan fingerprint density at radius 1 is 0.778 bits per heavy atom. The van der Waals surface area contributed by atoms with Gasteiger partial charge in [-0.15, -0.1) is 0 Å². The number of hydrogen-bond acceptors (Lipinski definition) is 1. The van der Waals surface area contributed by atoms with Crippen LogP contribution in [0.2, 0.25) is 0 Å². The molecule has 0 radical (unpaired) electrons. The molecule has 2 saturated carbocycles. The Morgan fingerprint density at radius 2 is 1.50 bits per heavy atom. The zero-order chi connectivity index (χ0) is 25.3. The third-order valence-electron chi connectivity index (χ3n) is 9.82. The molecular formula is C33H52F2O. The zero-order valence-electron chi connectivity index (χ0n) is 23.3. The smallest absolute Gasteiger partial charge is 0.162 e. The molecule has 5 unspecified atom stereocenters. The van der Waals surface area contributed by atoms with Crippen LogP contribution in [0.3, 0.4) is 0 Å². The molecule has 0 spiro atoms. The molecule has 0 aromatic heterocycles. The van der Waals surface area contributed by atoms with Gasteiger partial charge in [-0.05, 0) is 105 Å². The summed E-state index contributed by atoms with van der Waals surface area (Å²) in [6, 6.07) is 2.08. The van der Waals surface area contributed by atoms with Crippen LogP contribution in [0.4, 0.5) is 8.78 Å². The first-order chi connectivity index (χ1) is 17.6. The fourth-order valence-corrected chi connectivity index (χ4v) is 7.57. The molecule has 0 aliphatic heterocycles. The largest absolute Gasteiger partial charge is 0.378 e. The lowest BCUT2D eigenvalue weighted by Gasteiger charge is -2.42. The van der Waals surface area contributed by atoms with Gasteiger partial charge in [-0.1, -0.05) is 77.7 Å². The maximum absolute atomic E-state index is 15.4. The fourth-order valence-electron chi connectivity index (χ4n) is 7.57. The number of halogens is 2. The summed E-state index contributed by atoms with van der Waals surface area (Å²) in [6.07, 6.45) is 22.5. The maximum atomic E-state index is 15.4. The van der Waals surface area contributed by atoms with Crippen molar-refractivity contribution in [2.24, 2.45) is 17.8 Å². The molecule has 3 heteroatoms. The molecule has 3 aliphatic carbocycles. The third kappa shape index (κ3) is 7.33. The van der Waals surface area contributed by atoms with E-state index in [1.54, 1.807) is 0 Å². The Bertz CT molecular complexity index is 805. The quantitative estimate of drug-likeness (QED) is 0.244. The number of benzene rings is 1. The summed E-state index contributed by atoms with van der Waals surface area (Å²) in [5.74, 6) is 1.04. The van der Waals surface area contributed by atoms with Gasteiger partial charge in [0.1, 0.15) is 0 Å².